The number of fused-ring (bicyclic) bond motifs is 1. The number of benzene rings is 1. The lowest BCUT2D eigenvalue weighted by Gasteiger charge is -2.24. The molecule has 0 aliphatic heterocycles. The van der Waals surface area contributed by atoms with Crippen LogP contribution in [0.2, 0.25) is 0 Å². The molecule has 0 atom stereocenters. The number of ether oxygens (including phenoxy) is 1. The second-order valence-corrected chi connectivity index (χ2v) is 7.78. The minimum Gasteiger partial charge on any atom is -0.495 e. The van der Waals surface area contributed by atoms with Crippen LogP contribution in [-0.2, 0) is 0 Å². The Morgan fingerprint density at radius 1 is 1.30 bits per heavy atom. The van der Waals surface area contributed by atoms with Crippen LogP contribution in [0.15, 0.2) is 34.4 Å². The van der Waals surface area contributed by atoms with Gasteiger partial charge in [-0.15, -0.1) is 0 Å². The number of methoxy groups -OCH3 is 1. The second-order valence-electron chi connectivity index (χ2n) is 7.78. The molecule has 4 rings (SSSR count). The van der Waals surface area contributed by atoms with Crippen molar-refractivity contribution in [1.82, 2.24) is 15.0 Å². The number of nitriles is 1. The van der Waals surface area contributed by atoms with Crippen molar-refractivity contribution in [2.45, 2.75) is 38.1 Å². The van der Waals surface area contributed by atoms with E-state index in [-0.39, 0.29) is 0 Å². The van der Waals surface area contributed by atoms with Crippen LogP contribution in [0.5, 0.6) is 5.75 Å². The summed E-state index contributed by atoms with van der Waals surface area (Å²) in [5, 5.41) is 17.0. The molecular formula is C23H27N9O. The van der Waals surface area contributed by atoms with Crippen molar-refractivity contribution < 1.29 is 4.74 Å². The van der Waals surface area contributed by atoms with E-state index in [2.05, 4.69) is 36.7 Å². The van der Waals surface area contributed by atoms with E-state index in [0.717, 1.165) is 18.4 Å². The predicted molar refractivity (Wildman–Crippen MR) is 131 cm³/mol. The maximum absolute atomic E-state index is 9.54. The number of amidine groups is 1. The van der Waals surface area contributed by atoms with E-state index in [4.69, 9.17) is 15.5 Å². The molecule has 0 radical (unpaired) electrons. The van der Waals surface area contributed by atoms with Crippen LogP contribution < -0.4 is 21.1 Å². The van der Waals surface area contributed by atoms with Gasteiger partial charge in [-0.3, -0.25) is 4.99 Å². The van der Waals surface area contributed by atoms with E-state index in [9.17, 15) is 5.26 Å². The topological polar surface area (TPSA) is 149 Å². The van der Waals surface area contributed by atoms with Gasteiger partial charge in [-0.2, -0.15) is 15.2 Å². The number of nitrogens with zero attached hydrogens (tertiary/aromatic N) is 5. The zero-order chi connectivity index (χ0) is 23.2. The van der Waals surface area contributed by atoms with Crippen LogP contribution in [0.25, 0.3) is 11.0 Å². The number of aliphatic imine (C=N–C) groups is 2. The fraction of sp³-hybridized carbons (Fsp3) is 0.348. The van der Waals surface area contributed by atoms with Crippen LogP contribution in [0.3, 0.4) is 0 Å². The number of aromatic nitrogens is 3. The lowest BCUT2D eigenvalue weighted by molar-refractivity contribution is 0.416. The van der Waals surface area contributed by atoms with E-state index in [0.29, 0.717) is 51.7 Å². The summed E-state index contributed by atoms with van der Waals surface area (Å²) in [5.74, 6) is 2.12. The molecule has 33 heavy (non-hydrogen) atoms. The normalized spacial score (nSPS) is 15.0. The van der Waals surface area contributed by atoms with Crippen LogP contribution in [0, 0.1) is 11.3 Å². The minimum atomic E-state index is 0.329. The molecule has 2 aromatic heterocycles. The van der Waals surface area contributed by atoms with Crippen LogP contribution in [0.1, 0.15) is 43.2 Å². The predicted octanol–water partition coefficient (Wildman–Crippen LogP) is 3.69. The van der Waals surface area contributed by atoms with Crippen LogP contribution in [-0.4, -0.2) is 47.3 Å². The van der Waals surface area contributed by atoms with Crippen molar-refractivity contribution >= 4 is 40.7 Å². The van der Waals surface area contributed by atoms with E-state index in [1.165, 1.54) is 25.6 Å². The lowest BCUT2D eigenvalue weighted by Crippen LogP contribution is -2.23. The standard InChI is InChI=1S/C23H27N9O/c1-26-20(28-13-25)14-8-9-17(18(10-14)33-2)30-23-31-21-19(15(11-24)12-27-21)22(32-23)29-16-6-4-3-5-7-16/h8-10,12-13,16H,3-7H2,1-2H3,(H2,25,26,28)(H3,27,29,30,31,32). The first-order valence-corrected chi connectivity index (χ1v) is 10.9. The van der Waals surface area contributed by atoms with Gasteiger partial charge in [0.05, 0.1) is 30.1 Å². The Balaban J connectivity index is 1.69. The monoisotopic (exact) mass is 445 g/mol. The lowest BCUT2D eigenvalue weighted by atomic mass is 9.95. The van der Waals surface area contributed by atoms with Gasteiger partial charge in [-0.05, 0) is 31.0 Å². The summed E-state index contributed by atoms with van der Waals surface area (Å²) in [6.07, 6.45) is 8.68. The number of nitrogens with one attached hydrogen (secondary N) is 3. The van der Waals surface area contributed by atoms with Crippen molar-refractivity contribution in [2.24, 2.45) is 15.7 Å². The minimum absolute atomic E-state index is 0.329. The largest absolute Gasteiger partial charge is 0.495 e. The highest BCUT2D eigenvalue weighted by Gasteiger charge is 2.19. The molecule has 0 amide bonds. The van der Waals surface area contributed by atoms with Gasteiger partial charge in [0, 0.05) is 24.8 Å². The smallest absolute Gasteiger partial charge is 0.231 e. The first kappa shape index (κ1) is 22.1. The van der Waals surface area contributed by atoms with Crippen molar-refractivity contribution in [3.8, 4) is 11.8 Å². The Morgan fingerprint density at radius 2 is 2.12 bits per heavy atom. The Labute approximate surface area is 192 Å². The molecule has 0 saturated heterocycles. The summed E-state index contributed by atoms with van der Waals surface area (Å²) >= 11 is 0. The molecule has 10 heteroatoms. The number of rotatable bonds is 6. The molecule has 1 aliphatic rings. The fourth-order valence-electron chi connectivity index (χ4n) is 4.11. The number of H-pyrrole nitrogens is 1. The highest BCUT2D eigenvalue weighted by Crippen LogP contribution is 2.32. The number of anilines is 3. The molecule has 1 fully saturated rings. The van der Waals surface area contributed by atoms with Gasteiger partial charge in [0.1, 0.15) is 23.3 Å². The zero-order valence-corrected chi connectivity index (χ0v) is 18.7. The van der Waals surface area contributed by atoms with Gasteiger partial charge in [0.15, 0.2) is 5.84 Å². The summed E-state index contributed by atoms with van der Waals surface area (Å²) in [6.45, 7) is 0. The van der Waals surface area contributed by atoms with Gasteiger partial charge in [0.25, 0.3) is 0 Å². The third kappa shape index (κ3) is 4.72. The van der Waals surface area contributed by atoms with Crippen molar-refractivity contribution in [2.75, 3.05) is 24.8 Å². The van der Waals surface area contributed by atoms with Crippen molar-refractivity contribution in [3.63, 3.8) is 0 Å². The SMILES string of the molecule is CN=C(N=CN)c1ccc(Nc2nc(NC3CCCCC3)c3c(C#N)c[nH]c3n2)c(OC)c1. The zero-order valence-electron chi connectivity index (χ0n) is 18.7. The number of hydrogen-bond acceptors (Lipinski definition) is 7. The number of nitrogens with two attached hydrogens (primary N) is 1. The maximum Gasteiger partial charge on any atom is 0.231 e. The third-order valence-corrected chi connectivity index (χ3v) is 5.71. The summed E-state index contributed by atoms with van der Waals surface area (Å²) in [4.78, 5) is 20.6. The van der Waals surface area contributed by atoms with Gasteiger partial charge < -0.3 is 26.1 Å². The Kier molecular flexibility index (Phi) is 6.69. The average molecular weight is 446 g/mol. The van der Waals surface area contributed by atoms with Gasteiger partial charge in [-0.1, -0.05) is 19.3 Å². The maximum atomic E-state index is 9.54. The fourth-order valence-corrected chi connectivity index (χ4v) is 4.11. The molecule has 3 aromatic rings. The number of aromatic amines is 1. The Hall–Kier alpha value is -4.13. The molecule has 5 N–H and O–H groups in total. The molecule has 1 aliphatic carbocycles. The number of hydrogen-bond donors (Lipinski definition) is 4. The molecule has 0 spiro atoms. The average Bonchev–Trinajstić information content (AvgIpc) is 3.27. The summed E-state index contributed by atoms with van der Waals surface area (Å²) < 4.78 is 5.57. The molecule has 10 nitrogen and oxygen atoms in total. The molecule has 170 valence electrons. The van der Waals surface area contributed by atoms with Gasteiger partial charge in [0.2, 0.25) is 5.95 Å². The first-order valence-electron chi connectivity index (χ1n) is 10.9. The molecule has 2 heterocycles. The highest BCUT2D eigenvalue weighted by molar-refractivity contribution is 6.03. The summed E-state index contributed by atoms with van der Waals surface area (Å²) in [6, 6.07) is 8.09. The molecule has 1 saturated carbocycles. The molecule has 1 aromatic carbocycles. The Morgan fingerprint density at radius 3 is 2.82 bits per heavy atom. The quantitative estimate of drug-likeness (QED) is 0.334. The van der Waals surface area contributed by atoms with E-state index in [1.807, 2.05) is 18.2 Å². The molecular weight excluding hydrogens is 418 g/mol. The van der Waals surface area contributed by atoms with Crippen molar-refractivity contribution in [3.05, 3.63) is 35.5 Å². The van der Waals surface area contributed by atoms with E-state index < -0.39 is 0 Å². The highest BCUT2D eigenvalue weighted by atomic mass is 16.5. The van der Waals surface area contributed by atoms with E-state index >= 15 is 0 Å². The van der Waals surface area contributed by atoms with Crippen LogP contribution in [0.4, 0.5) is 17.5 Å². The van der Waals surface area contributed by atoms with E-state index in [1.54, 1.807) is 20.4 Å². The van der Waals surface area contributed by atoms with Gasteiger partial charge >= 0.3 is 0 Å². The third-order valence-electron chi connectivity index (χ3n) is 5.71. The Bertz CT molecular complexity index is 1230. The molecule has 0 unspecified atom stereocenters. The second kappa shape index (κ2) is 9.99. The summed E-state index contributed by atoms with van der Waals surface area (Å²) in [7, 11) is 3.24. The van der Waals surface area contributed by atoms with Crippen molar-refractivity contribution in [1.29, 1.82) is 5.26 Å². The van der Waals surface area contributed by atoms with Gasteiger partial charge in [-0.25, -0.2) is 4.99 Å². The summed E-state index contributed by atoms with van der Waals surface area (Å²) in [5.41, 5.74) is 7.98. The molecule has 0 bridgehead atoms. The van der Waals surface area contributed by atoms with Crippen LogP contribution >= 0.6 is 0 Å². The first-order chi connectivity index (χ1) is 16.2.